The summed E-state index contributed by atoms with van der Waals surface area (Å²) in [5.74, 6) is 1.30. The van der Waals surface area contributed by atoms with E-state index in [-0.39, 0.29) is 5.41 Å². The lowest BCUT2D eigenvalue weighted by Gasteiger charge is -2.20. The van der Waals surface area contributed by atoms with E-state index in [1.54, 1.807) is 13.1 Å². The fourth-order valence-corrected chi connectivity index (χ4v) is 3.39. The van der Waals surface area contributed by atoms with E-state index in [0.717, 1.165) is 30.4 Å². The minimum absolute atomic E-state index is 0.291. The molecule has 0 unspecified atom stereocenters. The van der Waals surface area contributed by atoms with E-state index in [4.69, 9.17) is 0 Å². The van der Waals surface area contributed by atoms with Crippen LogP contribution in [-0.2, 0) is 18.1 Å². The first-order chi connectivity index (χ1) is 13.9. The van der Waals surface area contributed by atoms with Gasteiger partial charge in [-0.05, 0) is 36.6 Å². The van der Waals surface area contributed by atoms with Crippen molar-refractivity contribution in [3.05, 3.63) is 65.6 Å². The van der Waals surface area contributed by atoms with Crippen molar-refractivity contribution in [2.75, 3.05) is 13.6 Å². The molecule has 0 amide bonds. The zero-order valence-electron chi connectivity index (χ0n) is 15.9. The maximum absolute atomic E-state index is 13.0. The van der Waals surface area contributed by atoms with Crippen molar-refractivity contribution in [3.8, 4) is 0 Å². The number of rotatable bonds is 5. The van der Waals surface area contributed by atoms with Gasteiger partial charge in [-0.2, -0.15) is 13.2 Å². The Morgan fingerprint density at radius 1 is 1.14 bits per heavy atom. The summed E-state index contributed by atoms with van der Waals surface area (Å²) in [6, 6.07) is 11.3. The number of fused-ring (bicyclic) bond motifs is 1. The molecule has 0 saturated heterocycles. The second-order valence-electron chi connectivity index (χ2n) is 7.18. The van der Waals surface area contributed by atoms with E-state index in [0.29, 0.717) is 24.6 Å². The molecule has 2 N–H and O–H groups in total. The van der Waals surface area contributed by atoms with Crippen molar-refractivity contribution in [1.29, 1.82) is 0 Å². The summed E-state index contributed by atoms with van der Waals surface area (Å²) in [5.41, 5.74) is 0.565. The van der Waals surface area contributed by atoms with Crippen molar-refractivity contribution >= 4 is 11.6 Å². The number of hydrogen-bond acceptors (Lipinski definition) is 3. The van der Waals surface area contributed by atoms with Crippen LogP contribution in [-0.4, -0.2) is 34.2 Å². The minimum atomic E-state index is -4.34. The summed E-state index contributed by atoms with van der Waals surface area (Å²) in [6.07, 6.45) is -0.770. The highest BCUT2D eigenvalue weighted by Gasteiger charge is 2.45. The van der Waals surface area contributed by atoms with Gasteiger partial charge in [-0.15, -0.1) is 10.2 Å². The maximum Gasteiger partial charge on any atom is 0.416 e. The van der Waals surface area contributed by atoms with Crippen molar-refractivity contribution in [1.82, 2.24) is 25.2 Å². The molecule has 152 valence electrons. The highest BCUT2D eigenvalue weighted by molar-refractivity contribution is 5.79. The average Bonchev–Trinajstić information content (AvgIpc) is 3.41. The van der Waals surface area contributed by atoms with Crippen LogP contribution in [0.2, 0.25) is 0 Å². The number of aromatic nitrogens is 3. The van der Waals surface area contributed by atoms with Crippen molar-refractivity contribution in [3.63, 3.8) is 0 Å². The first kappa shape index (κ1) is 19.2. The van der Waals surface area contributed by atoms with Gasteiger partial charge in [-0.3, -0.25) is 9.39 Å². The topological polar surface area (TPSA) is 66.6 Å². The predicted octanol–water partition coefficient (Wildman–Crippen LogP) is 3.14. The van der Waals surface area contributed by atoms with Crippen LogP contribution in [0.3, 0.4) is 0 Å². The Labute approximate surface area is 165 Å². The molecule has 3 aromatic rings. The van der Waals surface area contributed by atoms with Gasteiger partial charge in [0.2, 0.25) is 0 Å². The standard InChI is InChI=1S/C20H21F3N6/c1-24-18(25-12-17-28-27-16-7-2-3-10-29(16)17)26-13-19(8-9-19)14-5-4-6-15(11-14)20(21,22)23/h2-7,10-11H,8-9,12-13H2,1H3,(H2,24,25,26). The van der Waals surface area contributed by atoms with E-state index in [1.807, 2.05) is 28.8 Å². The zero-order valence-corrected chi connectivity index (χ0v) is 15.9. The Hall–Kier alpha value is -3.10. The molecule has 0 spiro atoms. The van der Waals surface area contributed by atoms with E-state index in [1.165, 1.54) is 12.1 Å². The number of nitrogens with zero attached hydrogens (tertiary/aromatic N) is 4. The molecule has 0 radical (unpaired) electrons. The molecule has 0 atom stereocenters. The van der Waals surface area contributed by atoms with Crippen LogP contribution in [0.1, 0.15) is 29.8 Å². The SMILES string of the molecule is CN=C(NCc1nnc2ccccn12)NCC1(c2cccc(C(F)(F)F)c2)CC1. The Kier molecular flexibility index (Phi) is 4.89. The van der Waals surface area contributed by atoms with Crippen molar-refractivity contribution in [2.24, 2.45) is 4.99 Å². The van der Waals surface area contributed by atoms with Crippen LogP contribution in [0, 0.1) is 0 Å². The summed E-state index contributed by atoms with van der Waals surface area (Å²) in [6.45, 7) is 0.927. The van der Waals surface area contributed by atoms with Gasteiger partial charge in [-0.25, -0.2) is 0 Å². The quantitative estimate of drug-likeness (QED) is 0.508. The lowest BCUT2D eigenvalue weighted by atomic mass is 9.94. The fraction of sp³-hybridized carbons (Fsp3) is 0.350. The summed E-state index contributed by atoms with van der Waals surface area (Å²) in [4.78, 5) is 4.21. The van der Waals surface area contributed by atoms with Gasteiger partial charge < -0.3 is 10.6 Å². The van der Waals surface area contributed by atoms with Crippen LogP contribution >= 0.6 is 0 Å². The number of aliphatic imine (C=N–C) groups is 1. The van der Waals surface area contributed by atoms with Gasteiger partial charge >= 0.3 is 6.18 Å². The van der Waals surface area contributed by atoms with Gasteiger partial charge in [-0.1, -0.05) is 24.3 Å². The molecule has 6 nitrogen and oxygen atoms in total. The first-order valence-corrected chi connectivity index (χ1v) is 9.32. The largest absolute Gasteiger partial charge is 0.416 e. The van der Waals surface area contributed by atoms with Crippen LogP contribution in [0.25, 0.3) is 5.65 Å². The van der Waals surface area contributed by atoms with Gasteiger partial charge in [0.25, 0.3) is 0 Å². The number of benzene rings is 1. The van der Waals surface area contributed by atoms with Gasteiger partial charge in [0.15, 0.2) is 17.4 Å². The molecule has 1 aliphatic rings. The second-order valence-corrected chi connectivity index (χ2v) is 7.18. The van der Waals surface area contributed by atoms with Gasteiger partial charge in [0.05, 0.1) is 12.1 Å². The van der Waals surface area contributed by atoms with Crippen LogP contribution < -0.4 is 10.6 Å². The minimum Gasteiger partial charge on any atom is -0.356 e. The molecule has 9 heteroatoms. The molecule has 1 aromatic carbocycles. The number of hydrogen-bond donors (Lipinski definition) is 2. The molecule has 2 aromatic heterocycles. The third kappa shape index (κ3) is 4.03. The molecule has 2 heterocycles. The molecular weight excluding hydrogens is 381 g/mol. The van der Waals surface area contributed by atoms with Gasteiger partial charge in [0.1, 0.15) is 0 Å². The van der Waals surface area contributed by atoms with Crippen LogP contribution in [0.4, 0.5) is 13.2 Å². The lowest BCUT2D eigenvalue weighted by Crippen LogP contribution is -2.41. The fourth-order valence-electron chi connectivity index (χ4n) is 3.39. The number of halogens is 3. The van der Waals surface area contributed by atoms with E-state index < -0.39 is 11.7 Å². The Morgan fingerprint density at radius 3 is 2.69 bits per heavy atom. The molecule has 1 fully saturated rings. The summed E-state index contributed by atoms with van der Waals surface area (Å²) in [7, 11) is 1.65. The first-order valence-electron chi connectivity index (χ1n) is 9.32. The zero-order chi connectivity index (χ0) is 20.5. The van der Waals surface area contributed by atoms with E-state index in [2.05, 4.69) is 25.8 Å². The summed E-state index contributed by atoms with van der Waals surface area (Å²) >= 11 is 0. The maximum atomic E-state index is 13.0. The number of guanidine groups is 1. The molecule has 0 bridgehead atoms. The Bertz CT molecular complexity index is 1040. The summed E-state index contributed by atoms with van der Waals surface area (Å²) in [5, 5.41) is 14.7. The van der Waals surface area contributed by atoms with Crippen molar-refractivity contribution < 1.29 is 13.2 Å². The normalized spacial score (nSPS) is 16.1. The molecule has 0 aliphatic heterocycles. The number of alkyl halides is 3. The number of pyridine rings is 1. The third-order valence-corrected chi connectivity index (χ3v) is 5.27. The highest BCUT2D eigenvalue weighted by Crippen LogP contribution is 2.48. The predicted molar refractivity (Wildman–Crippen MR) is 104 cm³/mol. The monoisotopic (exact) mass is 402 g/mol. The highest BCUT2D eigenvalue weighted by atomic mass is 19.4. The third-order valence-electron chi connectivity index (χ3n) is 5.27. The lowest BCUT2D eigenvalue weighted by molar-refractivity contribution is -0.137. The van der Waals surface area contributed by atoms with E-state index in [9.17, 15) is 13.2 Å². The molecule has 4 rings (SSSR count). The Morgan fingerprint density at radius 2 is 1.97 bits per heavy atom. The summed E-state index contributed by atoms with van der Waals surface area (Å²) < 4.78 is 41.0. The Balaban J connectivity index is 1.40. The van der Waals surface area contributed by atoms with Gasteiger partial charge in [0, 0.05) is 25.2 Å². The molecule has 1 aliphatic carbocycles. The molecule has 29 heavy (non-hydrogen) atoms. The van der Waals surface area contributed by atoms with Crippen LogP contribution in [0.15, 0.2) is 53.7 Å². The average molecular weight is 402 g/mol. The van der Waals surface area contributed by atoms with Crippen LogP contribution in [0.5, 0.6) is 0 Å². The number of nitrogens with one attached hydrogen (secondary N) is 2. The second kappa shape index (κ2) is 7.38. The molecular formula is C20H21F3N6. The van der Waals surface area contributed by atoms with Crippen molar-refractivity contribution in [2.45, 2.75) is 31.0 Å². The smallest absolute Gasteiger partial charge is 0.356 e. The molecule has 1 saturated carbocycles. The van der Waals surface area contributed by atoms with E-state index >= 15 is 0 Å².